The number of nitro groups is 2. The molecule has 0 fully saturated rings. The monoisotopic (exact) mass is 283 g/mol. The van der Waals surface area contributed by atoms with Crippen LogP contribution in [-0.2, 0) is 0 Å². The number of halogens is 1. The molecule has 0 aliphatic heterocycles. The van der Waals surface area contributed by atoms with Gasteiger partial charge in [0.1, 0.15) is 0 Å². The molecule has 1 rings (SSSR count). The van der Waals surface area contributed by atoms with Crippen LogP contribution >= 0.6 is 11.6 Å². The van der Waals surface area contributed by atoms with E-state index in [2.05, 4.69) is 5.32 Å². The topological polar surface area (TPSA) is 98.3 Å². The summed E-state index contributed by atoms with van der Waals surface area (Å²) >= 11 is 5.70. The van der Waals surface area contributed by atoms with Crippen LogP contribution < -0.4 is 5.32 Å². The van der Waals surface area contributed by atoms with Crippen molar-refractivity contribution in [3.8, 4) is 0 Å². The van der Waals surface area contributed by atoms with Crippen LogP contribution in [0.5, 0.6) is 0 Å². The Labute approximate surface area is 113 Å². The molecule has 0 bridgehead atoms. The lowest BCUT2D eigenvalue weighted by molar-refractivity contribution is -0.427. The van der Waals surface area contributed by atoms with Crippen molar-refractivity contribution in [3.05, 3.63) is 73.2 Å². The van der Waals surface area contributed by atoms with Gasteiger partial charge in [-0.3, -0.25) is 20.2 Å². The molecule has 0 heterocycles. The molecule has 1 N–H and O–H groups in total. The first-order chi connectivity index (χ1) is 8.90. The van der Waals surface area contributed by atoms with Gasteiger partial charge in [-0.2, -0.15) is 0 Å². The normalized spacial score (nSPS) is 12.1. The van der Waals surface area contributed by atoms with Gasteiger partial charge in [0, 0.05) is 10.7 Å². The third-order valence-corrected chi connectivity index (χ3v) is 2.37. The summed E-state index contributed by atoms with van der Waals surface area (Å²) in [5.74, 6) is 0. The van der Waals surface area contributed by atoms with E-state index in [-0.39, 0.29) is 11.3 Å². The van der Waals surface area contributed by atoms with Gasteiger partial charge >= 0.3 is 0 Å². The Morgan fingerprint density at radius 3 is 2.32 bits per heavy atom. The first kappa shape index (κ1) is 14.7. The van der Waals surface area contributed by atoms with E-state index in [1.165, 1.54) is 6.92 Å². The van der Waals surface area contributed by atoms with Crippen LogP contribution in [0.3, 0.4) is 0 Å². The Kier molecular flexibility index (Phi) is 5.01. The molecule has 0 atom stereocenters. The largest absolute Gasteiger partial charge is 0.356 e. The standard InChI is InChI=1S/C11H10ClN3O4/c1-8(7-14(16)17)11(15(18)19)6-13-10-4-2-9(12)3-5-10/h2-7,13H,1H3/b8-7-,11-6+. The van der Waals surface area contributed by atoms with Crippen LogP contribution in [0.2, 0.25) is 5.02 Å². The molecule has 0 aromatic heterocycles. The summed E-state index contributed by atoms with van der Waals surface area (Å²) in [6.45, 7) is 1.29. The van der Waals surface area contributed by atoms with E-state index < -0.39 is 9.85 Å². The van der Waals surface area contributed by atoms with Crippen LogP contribution in [0.4, 0.5) is 5.69 Å². The Hall–Kier alpha value is -2.41. The molecule has 0 amide bonds. The van der Waals surface area contributed by atoms with Crippen molar-refractivity contribution in [2.75, 3.05) is 5.32 Å². The third-order valence-electron chi connectivity index (χ3n) is 2.12. The highest BCUT2D eigenvalue weighted by atomic mass is 35.5. The van der Waals surface area contributed by atoms with Crippen molar-refractivity contribution in [2.24, 2.45) is 0 Å². The molecule has 0 saturated heterocycles. The number of rotatable bonds is 5. The summed E-state index contributed by atoms with van der Waals surface area (Å²) < 4.78 is 0. The fourth-order valence-corrected chi connectivity index (χ4v) is 1.36. The Morgan fingerprint density at radius 2 is 1.84 bits per heavy atom. The average Bonchev–Trinajstić information content (AvgIpc) is 2.30. The van der Waals surface area contributed by atoms with Gasteiger partial charge in [-0.1, -0.05) is 11.6 Å². The third kappa shape index (κ3) is 4.76. The summed E-state index contributed by atoms with van der Waals surface area (Å²) in [4.78, 5) is 19.7. The fourth-order valence-electron chi connectivity index (χ4n) is 1.23. The number of anilines is 1. The van der Waals surface area contributed by atoms with Gasteiger partial charge in [0.25, 0.3) is 5.70 Å². The molecule has 0 saturated carbocycles. The molecule has 8 heteroatoms. The molecular formula is C11H10ClN3O4. The van der Waals surface area contributed by atoms with E-state index in [1.807, 2.05) is 0 Å². The van der Waals surface area contributed by atoms with E-state index in [9.17, 15) is 20.2 Å². The summed E-state index contributed by atoms with van der Waals surface area (Å²) in [5.41, 5.74) is 0.140. The number of allylic oxidation sites excluding steroid dienone is 1. The van der Waals surface area contributed by atoms with Crippen LogP contribution in [0.15, 0.2) is 47.9 Å². The van der Waals surface area contributed by atoms with Crippen molar-refractivity contribution in [3.63, 3.8) is 0 Å². The van der Waals surface area contributed by atoms with Crippen molar-refractivity contribution in [1.29, 1.82) is 0 Å². The van der Waals surface area contributed by atoms with Gasteiger partial charge < -0.3 is 5.32 Å². The second kappa shape index (κ2) is 6.50. The lowest BCUT2D eigenvalue weighted by Crippen LogP contribution is -2.05. The predicted molar refractivity (Wildman–Crippen MR) is 70.9 cm³/mol. The maximum atomic E-state index is 10.8. The van der Waals surface area contributed by atoms with E-state index in [4.69, 9.17) is 11.6 Å². The summed E-state index contributed by atoms with van der Waals surface area (Å²) in [5, 5.41) is 24.3. The quantitative estimate of drug-likeness (QED) is 0.509. The Morgan fingerprint density at radius 1 is 1.26 bits per heavy atom. The zero-order valence-corrected chi connectivity index (χ0v) is 10.6. The second-order valence-corrected chi connectivity index (χ2v) is 3.97. The van der Waals surface area contributed by atoms with E-state index >= 15 is 0 Å². The molecular weight excluding hydrogens is 274 g/mol. The van der Waals surface area contributed by atoms with E-state index in [0.717, 1.165) is 6.20 Å². The van der Waals surface area contributed by atoms with Gasteiger partial charge in [-0.05, 0) is 31.2 Å². The van der Waals surface area contributed by atoms with Gasteiger partial charge in [0.05, 0.1) is 21.6 Å². The van der Waals surface area contributed by atoms with Gasteiger partial charge in [0.15, 0.2) is 0 Å². The summed E-state index contributed by atoms with van der Waals surface area (Å²) in [6, 6.07) is 6.48. The summed E-state index contributed by atoms with van der Waals surface area (Å²) in [6.07, 6.45) is 1.68. The SMILES string of the molecule is CC(=C/[N+](=O)[O-])/C(=C\Nc1ccc(Cl)cc1)[N+](=O)[O-]. The first-order valence-electron chi connectivity index (χ1n) is 5.09. The molecule has 0 radical (unpaired) electrons. The Balaban J connectivity index is 2.94. The first-order valence-corrected chi connectivity index (χ1v) is 5.47. The maximum Gasteiger partial charge on any atom is 0.294 e. The minimum Gasteiger partial charge on any atom is -0.356 e. The molecule has 0 aliphatic rings. The second-order valence-electron chi connectivity index (χ2n) is 3.54. The molecule has 0 unspecified atom stereocenters. The van der Waals surface area contributed by atoms with Crippen molar-refractivity contribution >= 4 is 17.3 Å². The fraction of sp³-hybridized carbons (Fsp3) is 0.0909. The molecule has 0 aliphatic carbocycles. The zero-order chi connectivity index (χ0) is 14.4. The van der Waals surface area contributed by atoms with Crippen LogP contribution in [-0.4, -0.2) is 9.85 Å². The van der Waals surface area contributed by atoms with Gasteiger partial charge in [0.2, 0.25) is 6.20 Å². The highest BCUT2D eigenvalue weighted by Gasteiger charge is 2.16. The predicted octanol–water partition coefficient (Wildman–Crippen LogP) is 3.05. The Bertz CT molecular complexity index is 552. The van der Waals surface area contributed by atoms with Gasteiger partial charge in [-0.15, -0.1) is 0 Å². The van der Waals surface area contributed by atoms with E-state index in [1.54, 1.807) is 24.3 Å². The average molecular weight is 284 g/mol. The minimum atomic E-state index is -0.741. The number of nitrogens with zero attached hydrogens (tertiary/aromatic N) is 2. The van der Waals surface area contributed by atoms with Gasteiger partial charge in [-0.25, -0.2) is 0 Å². The van der Waals surface area contributed by atoms with Crippen LogP contribution in [0.1, 0.15) is 6.92 Å². The smallest absolute Gasteiger partial charge is 0.294 e. The zero-order valence-electron chi connectivity index (χ0n) is 9.87. The highest BCUT2D eigenvalue weighted by Crippen LogP contribution is 2.15. The minimum absolute atomic E-state index is 0.0588. The van der Waals surface area contributed by atoms with Crippen LogP contribution in [0, 0.1) is 20.2 Å². The molecule has 7 nitrogen and oxygen atoms in total. The van der Waals surface area contributed by atoms with Crippen LogP contribution in [0.25, 0.3) is 0 Å². The van der Waals surface area contributed by atoms with Crippen molar-refractivity contribution < 1.29 is 9.85 Å². The molecule has 1 aromatic rings. The lowest BCUT2D eigenvalue weighted by Gasteiger charge is -2.01. The molecule has 1 aromatic carbocycles. The highest BCUT2D eigenvalue weighted by molar-refractivity contribution is 6.30. The number of nitrogens with one attached hydrogen (secondary N) is 1. The number of hydrogen-bond acceptors (Lipinski definition) is 5. The maximum absolute atomic E-state index is 10.8. The van der Waals surface area contributed by atoms with Crippen molar-refractivity contribution in [2.45, 2.75) is 6.92 Å². The molecule has 100 valence electrons. The van der Waals surface area contributed by atoms with Crippen molar-refractivity contribution in [1.82, 2.24) is 0 Å². The summed E-state index contributed by atoms with van der Waals surface area (Å²) in [7, 11) is 0. The number of benzene rings is 1. The lowest BCUT2D eigenvalue weighted by atomic mass is 10.2. The van der Waals surface area contributed by atoms with E-state index in [0.29, 0.717) is 16.9 Å². The molecule has 19 heavy (non-hydrogen) atoms. The number of hydrogen-bond donors (Lipinski definition) is 1. The molecule has 0 spiro atoms.